The van der Waals surface area contributed by atoms with Gasteiger partial charge in [-0.3, -0.25) is 0 Å². The molecule has 3 nitrogen and oxygen atoms in total. The van der Waals surface area contributed by atoms with E-state index in [2.05, 4.69) is 217 Å². The molecule has 0 radical (unpaired) electrons. The van der Waals surface area contributed by atoms with Crippen LogP contribution in [0.5, 0.6) is 0 Å². The van der Waals surface area contributed by atoms with E-state index in [0.29, 0.717) is 5.82 Å². The van der Waals surface area contributed by atoms with Gasteiger partial charge in [0.05, 0.1) is 11.2 Å². The zero-order chi connectivity index (χ0) is 38.4. The van der Waals surface area contributed by atoms with Gasteiger partial charge in [-0.05, 0) is 99.8 Å². The van der Waals surface area contributed by atoms with Crippen LogP contribution in [-0.4, -0.2) is 9.97 Å². The van der Waals surface area contributed by atoms with Crippen molar-refractivity contribution in [2.75, 3.05) is 4.90 Å². The first kappa shape index (κ1) is 33.9. The van der Waals surface area contributed by atoms with E-state index in [1.54, 1.807) is 0 Å². The number of para-hydroxylation sites is 2. The van der Waals surface area contributed by atoms with Gasteiger partial charge in [-0.25, -0.2) is 9.97 Å². The second kappa shape index (κ2) is 14.3. The summed E-state index contributed by atoms with van der Waals surface area (Å²) in [7, 11) is 0. The zero-order valence-corrected chi connectivity index (χ0v) is 32.3. The molecule has 4 heteroatoms. The van der Waals surface area contributed by atoms with Crippen molar-refractivity contribution in [2.24, 2.45) is 0 Å². The summed E-state index contributed by atoms with van der Waals surface area (Å²) in [6.07, 6.45) is 0. The third-order valence-electron chi connectivity index (χ3n) is 11.1. The Morgan fingerprint density at radius 1 is 0.379 bits per heavy atom. The van der Waals surface area contributed by atoms with Crippen molar-refractivity contribution in [1.29, 1.82) is 0 Å². The van der Waals surface area contributed by atoms with Crippen molar-refractivity contribution >= 4 is 70.2 Å². The Kier molecular flexibility index (Phi) is 8.34. The van der Waals surface area contributed by atoms with Crippen molar-refractivity contribution in [3.05, 3.63) is 212 Å². The molecule has 272 valence electrons. The lowest BCUT2D eigenvalue weighted by Gasteiger charge is -2.26. The van der Waals surface area contributed by atoms with Gasteiger partial charge in [-0.15, -0.1) is 11.3 Å². The van der Waals surface area contributed by atoms with Crippen LogP contribution in [0, 0.1) is 0 Å². The van der Waals surface area contributed by atoms with Crippen LogP contribution >= 0.6 is 11.3 Å². The standard InChI is InChI=1S/C54H35N3S/c1-4-14-36(15-5-1)38-24-29-43(30-25-38)57(42-19-8-3-9-20-42)44-31-26-40(27-32-44)54-55-49-23-13-12-22-46(49)52(56-54)48-34-41(37-16-6-2-7-17-37)35-50-51(48)47-33-28-39-18-10-11-21-45(39)53(47)58-50/h1-35H. The SMILES string of the molecule is c1ccc(-c2ccc(N(c3ccccc3)c3ccc(-c4nc(-c5cc(-c6ccccc6)cc6sc7c8ccccc8ccc7c56)c5ccccc5n4)cc3)cc2)cc1. The molecule has 2 aromatic heterocycles. The highest BCUT2D eigenvalue weighted by atomic mass is 32.1. The average molecular weight is 758 g/mol. The van der Waals surface area contributed by atoms with Crippen LogP contribution in [0.1, 0.15) is 0 Å². The molecule has 0 saturated heterocycles. The van der Waals surface area contributed by atoms with Gasteiger partial charge in [0, 0.05) is 53.7 Å². The number of benzene rings is 9. The van der Waals surface area contributed by atoms with E-state index in [-0.39, 0.29) is 0 Å². The first-order chi connectivity index (χ1) is 28.7. The van der Waals surface area contributed by atoms with Crippen molar-refractivity contribution < 1.29 is 0 Å². The maximum atomic E-state index is 5.48. The van der Waals surface area contributed by atoms with Gasteiger partial charge in [-0.1, -0.05) is 146 Å². The summed E-state index contributed by atoms with van der Waals surface area (Å²) in [5.74, 6) is 0.696. The van der Waals surface area contributed by atoms with Gasteiger partial charge in [-0.2, -0.15) is 0 Å². The summed E-state index contributed by atoms with van der Waals surface area (Å²) in [5.41, 5.74) is 11.9. The molecule has 0 aliphatic heterocycles. The third kappa shape index (κ3) is 5.99. The highest BCUT2D eigenvalue weighted by molar-refractivity contribution is 7.26. The van der Waals surface area contributed by atoms with E-state index in [4.69, 9.17) is 9.97 Å². The maximum Gasteiger partial charge on any atom is 0.160 e. The minimum Gasteiger partial charge on any atom is -0.311 e. The number of anilines is 3. The van der Waals surface area contributed by atoms with Crippen LogP contribution < -0.4 is 4.90 Å². The van der Waals surface area contributed by atoms with Crippen LogP contribution in [-0.2, 0) is 0 Å². The number of thiophene rings is 1. The molecule has 9 aromatic carbocycles. The maximum absolute atomic E-state index is 5.48. The fourth-order valence-electron chi connectivity index (χ4n) is 8.25. The predicted molar refractivity (Wildman–Crippen MR) is 246 cm³/mol. The van der Waals surface area contributed by atoms with Crippen molar-refractivity contribution in [3.63, 3.8) is 0 Å². The Balaban J connectivity index is 1.07. The molecule has 0 amide bonds. The summed E-state index contributed by atoms with van der Waals surface area (Å²) in [4.78, 5) is 13.0. The molecular formula is C54H35N3S. The van der Waals surface area contributed by atoms with Gasteiger partial charge >= 0.3 is 0 Å². The van der Waals surface area contributed by atoms with Crippen molar-refractivity contribution in [1.82, 2.24) is 9.97 Å². The number of hydrogen-bond donors (Lipinski definition) is 0. The Morgan fingerprint density at radius 2 is 0.931 bits per heavy atom. The normalized spacial score (nSPS) is 11.4. The smallest absolute Gasteiger partial charge is 0.160 e. The third-order valence-corrected chi connectivity index (χ3v) is 12.2. The van der Waals surface area contributed by atoms with E-state index < -0.39 is 0 Å². The van der Waals surface area contributed by atoms with Crippen molar-refractivity contribution in [2.45, 2.75) is 0 Å². The molecule has 0 aliphatic rings. The fraction of sp³-hybridized carbons (Fsp3) is 0. The van der Waals surface area contributed by atoms with Crippen LogP contribution in [0.25, 0.3) is 86.7 Å². The first-order valence-electron chi connectivity index (χ1n) is 19.6. The average Bonchev–Trinajstić information content (AvgIpc) is 3.69. The van der Waals surface area contributed by atoms with Gasteiger partial charge in [0.25, 0.3) is 0 Å². The summed E-state index contributed by atoms with van der Waals surface area (Å²) in [6.45, 7) is 0. The molecule has 0 unspecified atom stereocenters. The zero-order valence-electron chi connectivity index (χ0n) is 31.5. The molecule has 2 heterocycles. The van der Waals surface area contributed by atoms with E-state index in [1.807, 2.05) is 11.3 Å². The fourth-order valence-corrected chi connectivity index (χ4v) is 9.55. The number of aromatic nitrogens is 2. The Hall–Kier alpha value is -7.40. The van der Waals surface area contributed by atoms with Gasteiger partial charge in [0.1, 0.15) is 0 Å². The van der Waals surface area contributed by atoms with Gasteiger partial charge < -0.3 is 4.90 Å². The molecule has 0 N–H and O–H groups in total. The van der Waals surface area contributed by atoms with E-state index in [1.165, 1.54) is 53.2 Å². The van der Waals surface area contributed by atoms with Crippen LogP contribution in [0.15, 0.2) is 212 Å². The number of fused-ring (bicyclic) bond motifs is 6. The van der Waals surface area contributed by atoms with E-state index in [9.17, 15) is 0 Å². The quantitative estimate of drug-likeness (QED) is 0.162. The molecule has 0 aliphatic carbocycles. The van der Waals surface area contributed by atoms with Crippen LogP contribution in [0.2, 0.25) is 0 Å². The summed E-state index contributed by atoms with van der Waals surface area (Å²) >= 11 is 1.87. The molecule has 11 aromatic rings. The highest BCUT2D eigenvalue weighted by Gasteiger charge is 2.20. The monoisotopic (exact) mass is 757 g/mol. The minimum absolute atomic E-state index is 0.696. The number of hydrogen-bond acceptors (Lipinski definition) is 4. The summed E-state index contributed by atoms with van der Waals surface area (Å²) in [5, 5.41) is 6.04. The lowest BCUT2D eigenvalue weighted by Crippen LogP contribution is -2.09. The molecular weight excluding hydrogens is 723 g/mol. The van der Waals surface area contributed by atoms with Crippen LogP contribution in [0.4, 0.5) is 17.1 Å². The molecule has 0 spiro atoms. The lowest BCUT2D eigenvalue weighted by atomic mass is 9.94. The topological polar surface area (TPSA) is 29.0 Å². The minimum atomic E-state index is 0.696. The molecule has 11 rings (SSSR count). The predicted octanol–water partition coefficient (Wildman–Crippen LogP) is 15.3. The van der Waals surface area contributed by atoms with Gasteiger partial charge in [0.15, 0.2) is 5.82 Å². The van der Waals surface area contributed by atoms with E-state index in [0.717, 1.165) is 44.8 Å². The molecule has 58 heavy (non-hydrogen) atoms. The Morgan fingerprint density at radius 3 is 1.64 bits per heavy atom. The summed E-state index contributed by atoms with van der Waals surface area (Å²) in [6, 6.07) is 75.5. The lowest BCUT2D eigenvalue weighted by molar-refractivity contribution is 1.23. The second-order valence-corrected chi connectivity index (χ2v) is 15.6. The first-order valence-corrected chi connectivity index (χ1v) is 20.4. The largest absolute Gasteiger partial charge is 0.311 e. The van der Waals surface area contributed by atoms with E-state index >= 15 is 0 Å². The second-order valence-electron chi connectivity index (χ2n) is 14.6. The van der Waals surface area contributed by atoms with Crippen LogP contribution in [0.3, 0.4) is 0 Å². The number of rotatable bonds is 7. The summed E-state index contributed by atoms with van der Waals surface area (Å²) < 4.78 is 2.54. The van der Waals surface area contributed by atoms with Crippen molar-refractivity contribution in [3.8, 4) is 44.9 Å². The molecule has 0 atom stereocenters. The highest BCUT2D eigenvalue weighted by Crippen LogP contribution is 2.46. The molecule has 0 fully saturated rings. The van der Waals surface area contributed by atoms with Gasteiger partial charge in [0.2, 0.25) is 0 Å². The molecule has 0 saturated carbocycles. The Labute approximate surface area is 340 Å². The molecule has 0 bridgehead atoms. The number of nitrogens with zero attached hydrogens (tertiary/aromatic N) is 3. The Bertz CT molecular complexity index is 3250.